The zero-order valence-corrected chi connectivity index (χ0v) is 5.26. The average molecular weight is 116 g/mol. The van der Waals surface area contributed by atoms with Crippen molar-refractivity contribution in [1.82, 2.24) is 5.43 Å². The predicted octanol–water partition coefficient (Wildman–Crippen LogP) is -0.0375. The number of aliphatic hydroxyl groups excluding tert-OH is 1. The highest BCUT2D eigenvalue weighted by Crippen LogP contribution is 1.74. The first-order valence-electron chi connectivity index (χ1n) is 2.65. The third-order valence-electron chi connectivity index (χ3n) is 0.698. The summed E-state index contributed by atoms with van der Waals surface area (Å²) in [6.07, 6.45) is 1.64. The molecule has 0 radical (unpaired) electrons. The fourth-order valence-corrected chi connectivity index (χ4v) is 0.243. The summed E-state index contributed by atoms with van der Waals surface area (Å²) in [7, 11) is 0. The van der Waals surface area contributed by atoms with Crippen molar-refractivity contribution >= 4 is 6.21 Å². The maximum Gasteiger partial charge on any atom is 0.0646 e. The lowest BCUT2D eigenvalue weighted by atomic mass is 10.4. The molecule has 0 fully saturated rings. The standard InChI is InChI=1S/C5H12N2O/c1-3-6-7-5(2)4-8/h3,5,7-8H,4H2,1-2H3/b6-3-/t5-/m1/s1. The third-order valence-corrected chi connectivity index (χ3v) is 0.698. The average Bonchev–Trinajstić information content (AvgIpc) is 1.83. The molecule has 0 aromatic carbocycles. The van der Waals surface area contributed by atoms with Crippen LogP contribution in [-0.4, -0.2) is 24.0 Å². The van der Waals surface area contributed by atoms with Crippen LogP contribution >= 0.6 is 0 Å². The summed E-state index contributed by atoms with van der Waals surface area (Å²) in [6, 6.07) is 0.0613. The van der Waals surface area contributed by atoms with Crippen molar-refractivity contribution in [2.24, 2.45) is 5.10 Å². The van der Waals surface area contributed by atoms with Crippen molar-refractivity contribution in [2.45, 2.75) is 19.9 Å². The Morgan fingerprint density at radius 2 is 2.50 bits per heavy atom. The van der Waals surface area contributed by atoms with Crippen LogP contribution in [0.3, 0.4) is 0 Å². The molecule has 0 heterocycles. The van der Waals surface area contributed by atoms with Crippen molar-refractivity contribution in [3.63, 3.8) is 0 Å². The molecule has 3 heteroatoms. The van der Waals surface area contributed by atoms with Crippen molar-refractivity contribution < 1.29 is 5.11 Å². The summed E-state index contributed by atoms with van der Waals surface area (Å²) in [5, 5.41) is 12.1. The Morgan fingerprint density at radius 3 is 2.88 bits per heavy atom. The monoisotopic (exact) mass is 116 g/mol. The molecule has 2 N–H and O–H groups in total. The first kappa shape index (κ1) is 7.43. The van der Waals surface area contributed by atoms with E-state index in [4.69, 9.17) is 5.11 Å². The number of aliphatic hydroxyl groups is 1. The van der Waals surface area contributed by atoms with Gasteiger partial charge in [-0.25, -0.2) is 0 Å². The Morgan fingerprint density at radius 1 is 1.88 bits per heavy atom. The molecule has 0 aromatic heterocycles. The number of hydrogen-bond acceptors (Lipinski definition) is 3. The molecule has 0 bridgehead atoms. The maximum absolute atomic E-state index is 8.43. The Labute approximate surface area is 49.4 Å². The molecule has 48 valence electrons. The van der Waals surface area contributed by atoms with Crippen LogP contribution in [0, 0.1) is 0 Å². The highest BCUT2D eigenvalue weighted by molar-refractivity contribution is 5.52. The lowest BCUT2D eigenvalue weighted by Gasteiger charge is -2.04. The maximum atomic E-state index is 8.43. The number of hydrazone groups is 1. The van der Waals surface area contributed by atoms with Crippen LogP contribution in [-0.2, 0) is 0 Å². The normalized spacial score (nSPS) is 14.4. The van der Waals surface area contributed by atoms with Gasteiger partial charge in [-0.1, -0.05) is 0 Å². The minimum absolute atomic E-state index is 0.0613. The molecule has 0 saturated carbocycles. The van der Waals surface area contributed by atoms with Gasteiger partial charge in [0.25, 0.3) is 0 Å². The molecule has 0 saturated heterocycles. The summed E-state index contributed by atoms with van der Waals surface area (Å²) >= 11 is 0. The number of hydrogen-bond donors (Lipinski definition) is 2. The summed E-state index contributed by atoms with van der Waals surface area (Å²) < 4.78 is 0. The van der Waals surface area contributed by atoms with E-state index < -0.39 is 0 Å². The molecule has 3 nitrogen and oxygen atoms in total. The van der Waals surface area contributed by atoms with Gasteiger partial charge in [0.2, 0.25) is 0 Å². The van der Waals surface area contributed by atoms with Gasteiger partial charge in [0.1, 0.15) is 0 Å². The van der Waals surface area contributed by atoms with Gasteiger partial charge in [0, 0.05) is 6.21 Å². The minimum atomic E-state index is 0.0613. The van der Waals surface area contributed by atoms with Gasteiger partial charge < -0.3 is 10.5 Å². The van der Waals surface area contributed by atoms with E-state index in [-0.39, 0.29) is 12.6 Å². The molecule has 0 unspecified atom stereocenters. The van der Waals surface area contributed by atoms with Gasteiger partial charge in [0.05, 0.1) is 12.6 Å². The Bertz CT molecular complexity index is 72.8. The highest BCUT2D eigenvalue weighted by Gasteiger charge is 1.91. The fraction of sp³-hybridized carbons (Fsp3) is 0.800. The van der Waals surface area contributed by atoms with Crippen molar-refractivity contribution in [2.75, 3.05) is 6.61 Å². The molecule has 0 rings (SSSR count). The van der Waals surface area contributed by atoms with E-state index in [1.807, 2.05) is 13.8 Å². The van der Waals surface area contributed by atoms with Crippen LogP contribution in [0.1, 0.15) is 13.8 Å². The Kier molecular flexibility index (Phi) is 4.26. The summed E-state index contributed by atoms with van der Waals surface area (Å²) in [4.78, 5) is 0. The molecule has 1 atom stereocenters. The number of rotatable bonds is 3. The smallest absolute Gasteiger partial charge is 0.0646 e. The minimum Gasteiger partial charge on any atom is -0.394 e. The molecular formula is C5H12N2O. The summed E-state index contributed by atoms with van der Waals surface area (Å²) in [5.41, 5.74) is 2.70. The largest absolute Gasteiger partial charge is 0.394 e. The molecule has 0 spiro atoms. The quantitative estimate of drug-likeness (QED) is 0.401. The van der Waals surface area contributed by atoms with Gasteiger partial charge in [0.15, 0.2) is 0 Å². The SMILES string of the molecule is C/C=N\N[C@H](C)CO. The fourth-order valence-electron chi connectivity index (χ4n) is 0.243. The van der Waals surface area contributed by atoms with Crippen molar-refractivity contribution in [1.29, 1.82) is 0 Å². The topological polar surface area (TPSA) is 44.6 Å². The van der Waals surface area contributed by atoms with Gasteiger partial charge >= 0.3 is 0 Å². The predicted molar refractivity (Wildman–Crippen MR) is 33.8 cm³/mol. The second-order valence-electron chi connectivity index (χ2n) is 1.60. The second kappa shape index (κ2) is 4.59. The van der Waals surface area contributed by atoms with E-state index in [1.54, 1.807) is 6.21 Å². The molecule has 0 aliphatic carbocycles. The van der Waals surface area contributed by atoms with E-state index >= 15 is 0 Å². The number of nitrogens with zero attached hydrogens (tertiary/aromatic N) is 1. The highest BCUT2D eigenvalue weighted by atomic mass is 16.3. The van der Waals surface area contributed by atoms with E-state index in [0.717, 1.165) is 0 Å². The van der Waals surface area contributed by atoms with Crippen LogP contribution in [0.25, 0.3) is 0 Å². The second-order valence-corrected chi connectivity index (χ2v) is 1.60. The molecule has 0 aliphatic rings. The molecule has 0 aromatic rings. The lowest BCUT2D eigenvalue weighted by molar-refractivity contribution is 0.253. The zero-order chi connectivity index (χ0) is 6.41. The molecule has 0 aliphatic heterocycles. The Balaban J connectivity index is 3.10. The summed E-state index contributed by atoms with van der Waals surface area (Å²) in [6.45, 7) is 3.79. The molecular weight excluding hydrogens is 104 g/mol. The van der Waals surface area contributed by atoms with Crippen LogP contribution in [0.2, 0.25) is 0 Å². The lowest BCUT2D eigenvalue weighted by Crippen LogP contribution is -2.24. The van der Waals surface area contributed by atoms with E-state index in [9.17, 15) is 0 Å². The van der Waals surface area contributed by atoms with Gasteiger partial charge in [-0.05, 0) is 13.8 Å². The van der Waals surface area contributed by atoms with Gasteiger partial charge in [-0.3, -0.25) is 0 Å². The van der Waals surface area contributed by atoms with E-state index in [2.05, 4.69) is 10.5 Å². The zero-order valence-electron chi connectivity index (χ0n) is 5.26. The van der Waals surface area contributed by atoms with Gasteiger partial charge in [-0.2, -0.15) is 5.10 Å². The van der Waals surface area contributed by atoms with Crippen LogP contribution in [0.5, 0.6) is 0 Å². The van der Waals surface area contributed by atoms with E-state index in [1.165, 1.54) is 0 Å². The summed E-state index contributed by atoms with van der Waals surface area (Å²) in [5.74, 6) is 0. The first-order chi connectivity index (χ1) is 3.81. The van der Waals surface area contributed by atoms with Crippen molar-refractivity contribution in [3.05, 3.63) is 0 Å². The third kappa shape index (κ3) is 3.61. The van der Waals surface area contributed by atoms with Crippen LogP contribution < -0.4 is 5.43 Å². The number of nitrogens with one attached hydrogen (secondary N) is 1. The first-order valence-corrected chi connectivity index (χ1v) is 2.65. The van der Waals surface area contributed by atoms with Gasteiger partial charge in [-0.15, -0.1) is 0 Å². The van der Waals surface area contributed by atoms with Crippen LogP contribution in [0.4, 0.5) is 0 Å². The van der Waals surface area contributed by atoms with E-state index in [0.29, 0.717) is 0 Å². The molecule has 0 amide bonds. The molecule has 8 heavy (non-hydrogen) atoms. The van der Waals surface area contributed by atoms with Crippen LogP contribution in [0.15, 0.2) is 5.10 Å². The Hall–Kier alpha value is -0.570. The van der Waals surface area contributed by atoms with Crippen molar-refractivity contribution in [3.8, 4) is 0 Å².